The molecule has 0 aliphatic rings. The fraction of sp³-hybridized carbons (Fsp3) is 0.133. The van der Waals surface area contributed by atoms with Crippen LogP contribution in [0.25, 0.3) is 22.6 Å². The molecule has 3 heterocycles. The predicted molar refractivity (Wildman–Crippen MR) is 78.5 cm³/mol. The summed E-state index contributed by atoms with van der Waals surface area (Å²) < 4.78 is 11.1. The lowest BCUT2D eigenvalue weighted by Gasteiger charge is -2.13. The van der Waals surface area contributed by atoms with Gasteiger partial charge in [-0.1, -0.05) is 0 Å². The molecular weight excluding hydrogens is 268 g/mol. The normalized spacial score (nSPS) is 10.5. The number of furan rings is 1. The molecule has 0 amide bonds. The molecule has 0 bridgehead atoms. The van der Waals surface area contributed by atoms with Crippen molar-refractivity contribution >= 4 is 5.95 Å². The van der Waals surface area contributed by atoms with E-state index in [0.717, 1.165) is 11.1 Å². The Kier molecular flexibility index (Phi) is 3.51. The number of pyridine rings is 1. The fourth-order valence-corrected chi connectivity index (χ4v) is 2.07. The number of nitrogens with two attached hydrogens (primary N) is 1. The Morgan fingerprint density at radius 2 is 2.00 bits per heavy atom. The number of anilines is 1. The largest absolute Gasteiger partial charge is 0.477 e. The third-order valence-corrected chi connectivity index (χ3v) is 2.90. The summed E-state index contributed by atoms with van der Waals surface area (Å²) in [6.45, 7) is 2.37. The van der Waals surface area contributed by atoms with Gasteiger partial charge in [0, 0.05) is 12.4 Å². The second kappa shape index (κ2) is 5.62. The number of hydrogen-bond acceptors (Lipinski definition) is 6. The summed E-state index contributed by atoms with van der Waals surface area (Å²) in [5, 5.41) is 0. The van der Waals surface area contributed by atoms with Crippen LogP contribution < -0.4 is 10.5 Å². The van der Waals surface area contributed by atoms with Crippen molar-refractivity contribution in [3.63, 3.8) is 0 Å². The molecule has 6 heteroatoms. The number of ether oxygens (including phenoxy) is 1. The quantitative estimate of drug-likeness (QED) is 0.791. The van der Waals surface area contributed by atoms with Gasteiger partial charge < -0.3 is 14.9 Å². The van der Waals surface area contributed by atoms with Gasteiger partial charge in [-0.3, -0.25) is 4.98 Å². The van der Waals surface area contributed by atoms with Crippen molar-refractivity contribution in [2.24, 2.45) is 0 Å². The van der Waals surface area contributed by atoms with E-state index in [1.165, 1.54) is 0 Å². The lowest BCUT2D eigenvalue weighted by molar-refractivity contribution is 0.328. The summed E-state index contributed by atoms with van der Waals surface area (Å²) in [7, 11) is 0. The Hall–Kier alpha value is -2.89. The summed E-state index contributed by atoms with van der Waals surface area (Å²) in [5.41, 5.74) is 8.01. The highest BCUT2D eigenvalue weighted by Gasteiger charge is 2.19. The molecule has 21 heavy (non-hydrogen) atoms. The van der Waals surface area contributed by atoms with Gasteiger partial charge in [0.15, 0.2) is 5.76 Å². The molecule has 0 radical (unpaired) electrons. The summed E-state index contributed by atoms with van der Waals surface area (Å²) in [5.74, 6) is 1.18. The highest BCUT2D eigenvalue weighted by Crippen LogP contribution is 2.37. The Balaban J connectivity index is 2.27. The van der Waals surface area contributed by atoms with Crippen molar-refractivity contribution in [3.8, 4) is 28.5 Å². The van der Waals surface area contributed by atoms with Crippen LogP contribution in [0.15, 0.2) is 47.3 Å². The van der Waals surface area contributed by atoms with Crippen molar-refractivity contribution in [1.29, 1.82) is 0 Å². The predicted octanol–water partition coefficient (Wildman–Crippen LogP) is 2.78. The monoisotopic (exact) mass is 282 g/mol. The Morgan fingerprint density at radius 1 is 1.19 bits per heavy atom. The molecule has 2 N–H and O–H groups in total. The molecule has 0 fully saturated rings. The topological polar surface area (TPSA) is 87.1 Å². The van der Waals surface area contributed by atoms with Crippen LogP contribution in [0.2, 0.25) is 0 Å². The van der Waals surface area contributed by atoms with Gasteiger partial charge in [0.05, 0.1) is 18.4 Å². The molecule has 3 aromatic heterocycles. The van der Waals surface area contributed by atoms with E-state index in [4.69, 9.17) is 14.9 Å². The minimum Gasteiger partial charge on any atom is -0.477 e. The maximum absolute atomic E-state index is 5.79. The van der Waals surface area contributed by atoms with Gasteiger partial charge in [-0.05, 0) is 36.8 Å². The zero-order valence-corrected chi connectivity index (χ0v) is 11.5. The van der Waals surface area contributed by atoms with Gasteiger partial charge in [0.1, 0.15) is 5.69 Å². The molecule has 0 aromatic carbocycles. The zero-order chi connectivity index (χ0) is 14.7. The molecule has 0 aliphatic heterocycles. The van der Waals surface area contributed by atoms with E-state index in [9.17, 15) is 0 Å². The van der Waals surface area contributed by atoms with Gasteiger partial charge in [0.2, 0.25) is 11.8 Å². The highest BCUT2D eigenvalue weighted by molar-refractivity contribution is 5.82. The molecular formula is C15H14N4O2. The van der Waals surface area contributed by atoms with E-state index in [1.807, 2.05) is 25.1 Å². The van der Waals surface area contributed by atoms with Crippen molar-refractivity contribution in [2.45, 2.75) is 6.92 Å². The molecule has 0 spiro atoms. The number of aromatic nitrogens is 3. The minimum absolute atomic E-state index is 0.141. The van der Waals surface area contributed by atoms with Crippen LogP contribution in [0.3, 0.4) is 0 Å². The number of nitrogen functional groups attached to an aromatic ring is 1. The van der Waals surface area contributed by atoms with Crippen LogP contribution >= 0.6 is 0 Å². The van der Waals surface area contributed by atoms with Crippen molar-refractivity contribution < 1.29 is 9.15 Å². The number of hydrogen-bond donors (Lipinski definition) is 1. The maximum atomic E-state index is 5.79. The van der Waals surface area contributed by atoms with Crippen LogP contribution in [0, 0.1) is 0 Å². The van der Waals surface area contributed by atoms with Crippen molar-refractivity contribution in [2.75, 3.05) is 12.3 Å². The molecule has 0 saturated heterocycles. The van der Waals surface area contributed by atoms with E-state index in [2.05, 4.69) is 15.0 Å². The average molecular weight is 282 g/mol. The maximum Gasteiger partial charge on any atom is 0.227 e. The average Bonchev–Trinajstić information content (AvgIpc) is 3.02. The van der Waals surface area contributed by atoms with Gasteiger partial charge >= 0.3 is 0 Å². The standard InChI is InChI=1S/C15H14N4O2/c1-2-20-14-12(10-5-7-17-8-6-10)13(18-15(16)19-14)11-4-3-9-21-11/h3-9H,2H2,1H3,(H2,16,18,19). The first kappa shape index (κ1) is 13.1. The first-order chi connectivity index (χ1) is 10.3. The third kappa shape index (κ3) is 2.55. The van der Waals surface area contributed by atoms with Crippen LogP contribution in [0.1, 0.15) is 6.92 Å². The molecule has 0 atom stereocenters. The third-order valence-electron chi connectivity index (χ3n) is 2.90. The molecule has 0 unspecified atom stereocenters. The lowest BCUT2D eigenvalue weighted by atomic mass is 10.0. The Bertz CT molecular complexity index is 727. The molecule has 3 rings (SSSR count). The summed E-state index contributed by atoms with van der Waals surface area (Å²) in [6.07, 6.45) is 4.99. The molecule has 0 saturated carbocycles. The van der Waals surface area contributed by atoms with E-state index in [0.29, 0.717) is 23.9 Å². The second-order valence-electron chi connectivity index (χ2n) is 4.26. The molecule has 6 nitrogen and oxygen atoms in total. The first-order valence-electron chi connectivity index (χ1n) is 6.54. The SMILES string of the molecule is CCOc1nc(N)nc(-c2ccco2)c1-c1ccncc1. The first-order valence-corrected chi connectivity index (χ1v) is 6.54. The van der Waals surface area contributed by atoms with Crippen molar-refractivity contribution in [1.82, 2.24) is 15.0 Å². The molecule has 0 aliphatic carbocycles. The number of nitrogens with zero attached hydrogens (tertiary/aromatic N) is 3. The molecule has 106 valence electrons. The summed E-state index contributed by atoms with van der Waals surface area (Å²) in [6, 6.07) is 7.35. The summed E-state index contributed by atoms with van der Waals surface area (Å²) >= 11 is 0. The van der Waals surface area contributed by atoms with E-state index in [1.54, 1.807) is 24.7 Å². The van der Waals surface area contributed by atoms with E-state index >= 15 is 0 Å². The van der Waals surface area contributed by atoms with Crippen LogP contribution in [-0.4, -0.2) is 21.6 Å². The Labute approximate surface area is 121 Å². The van der Waals surface area contributed by atoms with Crippen LogP contribution in [-0.2, 0) is 0 Å². The minimum atomic E-state index is 0.141. The van der Waals surface area contributed by atoms with E-state index in [-0.39, 0.29) is 5.95 Å². The number of rotatable bonds is 4. The van der Waals surface area contributed by atoms with Gasteiger partial charge in [0.25, 0.3) is 0 Å². The molecule has 3 aromatic rings. The highest BCUT2D eigenvalue weighted by atomic mass is 16.5. The van der Waals surface area contributed by atoms with Crippen LogP contribution in [0.4, 0.5) is 5.95 Å². The fourth-order valence-electron chi connectivity index (χ4n) is 2.07. The van der Waals surface area contributed by atoms with Gasteiger partial charge in [-0.25, -0.2) is 4.98 Å². The van der Waals surface area contributed by atoms with Gasteiger partial charge in [-0.15, -0.1) is 0 Å². The van der Waals surface area contributed by atoms with Gasteiger partial charge in [-0.2, -0.15) is 4.98 Å². The Morgan fingerprint density at radius 3 is 2.67 bits per heavy atom. The van der Waals surface area contributed by atoms with Crippen LogP contribution in [0.5, 0.6) is 5.88 Å². The zero-order valence-electron chi connectivity index (χ0n) is 11.5. The van der Waals surface area contributed by atoms with Crippen molar-refractivity contribution in [3.05, 3.63) is 42.9 Å². The smallest absolute Gasteiger partial charge is 0.227 e. The van der Waals surface area contributed by atoms with E-state index < -0.39 is 0 Å². The second-order valence-corrected chi connectivity index (χ2v) is 4.26. The lowest BCUT2D eigenvalue weighted by Crippen LogP contribution is -2.04. The summed E-state index contributed by atoms with van der Waals surface area (Å²) in [4.78, 5) is 12.5.